The molecule has 1 atom stereocenters. The SMILES string of the molecule is CCCc1cnc(Cc2ccc([C@H]3CNCCO3)cc2F)nc1. The van der Waals surface area contributed by atoms with Crippen LogP contribution in [0.25, 0.3) is 0 Å². The Morgan fingerprint density at radius 3 is 2.78 bits per heavy atom. The quantitative estimate of drug-likeness (QED) is 0.922. The van der Waals surface area contributed by atoms with Gasteiger partial charge in [-0.05, 0) is 29.2 Å². The minimum Gasteiger partial charge on any atom is -0.371 e. The first kappa shape index (κ1) is 16.0. The Labute approximate surface area is 136 Å². The summed E-state index contributed by atoms with van der Waals surface area (Å²) >= 11 is 0. The van der Waals surface area contributed by atoms with Crippen molar-refractivity contribution in [2.75, 3.05) is 19.7 Å². The van der Waals surface area contributed by atoms with Crippen LogP contribution < -0.4 is 5.32 Å². The van der Waals surface area contributed by atoms with Crippen molar-refractivity contribution in [1.29, 1.82) is 0 Å². The van der Waals surface area contributed by atoms with Crippen molar-refractivity contribution in [2.45, 2.75) is 32.3 Å². The molecule has 0 saturated carbocycles. The van der Waals surface area contributed by atoms with E-state index in [1.54, 1.807) is 6.07 Å². The van der Waals surface area contributed by atoms with E-state index in [4.69, 9.17) is 4.74 Å². The maximum atomic E-state index is 14.4. The highest BCUT2D eigenvalue weighted by molar-refractivity contribution is 5.28. The van der Waals surface area contributed by atoms with E-state index in [1.165, 1.54) is 0 Å². The van der Waals surface area contributed by atoms with Crippen molar-refractivity contribution >= 4 is 0 Å². The Balaban J connectivity index is 1.70. The Bertz CT molecular complexity index is 639. The van der Waals surface area contributed by atoms with Gasteiger partial charge >= 0.3 is 0 Å². The number of aromatic nitrogens is 2. The van der Waals surface area contributed by atoms with Gasteiger partial charge in [0.05, 0.1) is 12.7 Å². The minimum atomic E-state index is -0.224. The van der Waals surface area contributed by atoms with E-state index in [9.17, 15) is 4.39 Å². The molecule has 0 spiro atoms. The number of hydrogen-bond donors (Lipinski definition) is 1. The Morgan fingerprint density at radius 2 is 2.13 bits per heavy atom. The molecule has 23 heavy (non-hydrogen) atoms. The molecule has 0 amide bonds. The van der Waals surface area contributed by atoms with Gasteiger partial charge in [-0.1, -0.05) is 25.5 Å². The fourth-order valence-corrected chi connectivity index (χ4v) is 2.75. The molecule has 1 N–H and O–H groups in total. The number of nitrogens with zero attached hydrogens (tertiary/aromatic N) is 2. The monoisotopic (exact) mass is 315 g/mol. The molecule has 3 rings (SSSR count). The second-order valence-corrected chi connectivity index (χ2v) is 5.85. The van der Waals surface area contributed by atoms with E-state index in [2.05, 4.69) is 22.2 Å². The topological polar surface area (TPSA) is 47.0 Å². The van der Waals surface area contributed by atoms with E-state index < -0.39 is 0 Å². The summed E-state index contributed by atoms with van der Waals surface area (Å²) in [5.74, 6) is 0.421. The molecule has 5 heteroatoms. The lowest BCUT2D eigenvalue weighted by Gasteiger charge is -2.24. The second-order valence-electron chi connectivity index (χ2n) is 5.85. The average Bonchev–Trinajstić information content (AvgIpc) is 2.59. The zero-order valence-electron chi connectivity index (χ0n) is 13.4. The number of morpholine rings is 1. The van der Waals surface area contributed by atoms with Crippen LogP contribution in [0.3, 0.4) is 0 Å². The molecule has 0 aliphatic carbocycles. The molecular formula is C18H22FN3O. The van der Waals surface area contributed by atoms with Crippen molar-refractivity contribution in [3.63, 3.8) is 0 Å². The maximum Gasteiger partial charge on any atom is 0.132 e. The first-order valence-electron chi connectivity index (χ1n) is 8.16. The summed E-state index contributed by atoms with van der Waals surface area (Å²) < 4.78 is 20.0. The van der Waals surface area contributed by atoms with Crippen LogP contribution in [0.2, 0.25) is 0 Å². The Morgan fingerprint density at radius 1 is 1.30 bits per heavy atom. The maximum absolute atomic E-state index is 14.4. The van der Waals surface area contributed by atoms with Gasteiger partial charge in [-0.25, -0.2) is 14.4 Å². The van der Waals surface area contributed by atoms with Crippen LogP contribution in [0.15, 0.2) is 30.6 Å². The predicted molar refractivity (Wildman–Crippen MR) is 86.8 cm³/mol. The molecule has 4 nitrogen and oxygen atoms in total. The Hall–Kier alpha value is -1.85. The highest BCUT2D eigenvalue weighted by Gasteiger charge is 2.17. The smallest absolute Gasteiger partial charge is 0.132 e. The zero-order valence-corrected chi connectivity index (χ0v) is 13.4. The fraction of sp³-hybridized carbons (Fsp3) is 0.444. The third-order valence-corrected chi connectivity index (χ3v) is 4.02. The number of rotatable bonds is 5. The van der Waals surface area contributed by atoms with Crippen LogP contribution in [0, 0.1) is 5.82 Å². The summed E-state index contributed by atoms with van der Waals surface area (Å²) in [6.45, 7) is 4.35. The van der Waals surface area contributed by atoms with Gasteiger partial charge in [-0.15, -0.1) is 0 Å². The summed E-state index contributed by atoms with van der Waals surface area (Å²) in [5, 5.41) is 3.26. The molecule has 1 fully saturated rings. The van der Waals surface area contributed by atoms with E-state index in [0.717, 1.165) is 37.1 Å². The number of nitrogens with one attached hydrogen (secondary N) is 1. The van der Waals surface area contributed by atoms with Crippen molar-refractivity contribution in [3.05, 3.63) is 58.9 Å². The largest absolute Gasteiger partial charge is 0.371 e. The molecule has 1 saturated heterocycles. The molecule has 1 aliphatic rings. The van der Waals surface area contributed by atoms with E-state index in [1.807, 2.05) is 24.5 Å². The van der Waals surface area contributed by atoms with E-state index in [-0.39, 0.29) is 11.9 Å². The van der Waals surface area contributed by atoms with Gasteiger partial charge in [0, 0.05) is 31.9 Å². The number of aryl methyl sites for hydroxylation is 1. The number of ether oxygens (including phenoxy) is 1. The molecule has 0 bridgehead atoms. The lowest BCUT2D eigenvalue weighted by Crippen LogP contribution is -2.33. The number of halogens is 1. The van der Waals surface area contributed by atoms with Crippen molar-refractivity contribution in [2.24, 2.45) is 0 Å². The lowest BCUT2D eigenvalue weighted by atomic mass is 10.0. The summed E-state index contributed by atoms with van der Waals surface area (Å²) in [6, 6.07) is 5.31. The minimum absolute atomic E-state index is 0.0723. The molecule has 1 aromatic carbocycles. The molecule has 2 heterocycles. The molecule has 0 unspecified atom stereocenters. The van der Waals surface area contributed by atoms with Gasteiger partial charge in [0.1, 0.15) is 11.6 Å². The summed E-state index contributed by atoms with van der Waals surface area (Å²) in [6.07, 6.45) is 6.04. The van der Waals surface area contributed by atoms with Crippen LogP contribution in [0.5, 0.6) is 0 Å². The molecule has 1 aliphatic heterocycles. The van der Waals surface area contributed by atoms with Crippen molar-refractivity contribution in [3.8, 4) is 0 Å². The first-order valence-corrected chi connectivity index (χ1v) is 8.16. The zero-order chi connectivity index (χ0) is 16.1. The summed E-state index contributed by atoms with van der Waals surface area (Å²) in [5.41, 5.74) is 2.60. The molecule has 122 valence electrons. The number of hydrogen-bond acceptors (Lipinski definition) is 4. The summed E-state index contributed by atoms with van der Waals surface area (Å²) in [7, 11) is 0. The standard InChI is InChI=1S/C18H22FN3O/c1-2-3-13-10-21-18(22-11-13)9-14-4-5-15(8-16(14)19)17-12-20-6-7-23-17/h4-5,8,10-11,17,20H,2-3,6-7,9,12H2,1H3/t17-/m1/s1. The molecule has 2 aromatic rings. The van der Waals surface area contributed by atoms with E-state index in [0.29, 0.717) is 24.4 Å². The molecular weight excluding hydrogens is 293 g/mol. The second kappa shape index (κ2) is 7.62. The van der Waals surface area contributed by atoms with Gasteiger partial charge in [0.25, 0.3) is 0 Å². The van der Waals surface area contributed by atoms with Gasteiger partial charge in [-0.3, -0.25) is 0 Å². The van der Waals surface area contributed by atoms with Crippen molar-refractivity contribution < 1.29 is 9.13 Å². The van der Waals surface area contributed by atoms with Crippen LogP contribution in [0.1, 0.15) is 42.0 Å². The summed E-state index contributed by atoms with van der Waals surface area (Å²) in [4.78, 5) is 8.67. The normalized spacial score (nSPS) is 18.1. The van der Waals surface area contributed by atoms with Gasteiger partial charge in [0.15, 0.2) is 0 Å². The van der Waals surface area contributed by atoms with Gasteiger partial charge < -0.3 is 10.1 Å². The van der Waals surface area contributed by atoms with Crippen LogP contribution >= 0.6 is 0 Å². The highest BCUT2D eigenvalue weighted by atomic mass is 19.1. The van der Waals surface area contributed by atoms with Crippen LogP contribution in [-0.2, 0) is 17.6 Å². The molecule has 1 aromatic heterocycles. The lowest BCUT2D eigenvalue weighted by molar-refractivity contribution is 0.0275. The van der Waals surface area contributed by atoms with Crippen molar-refractivity contribution in [1.82, 2.24) is 15.3 Å². The average molecular weight is 315 g/mol. The van der Waals surface area contributed by atoms with Crippen LogP contribution in [-0.4, -0.2) is 29.7 Å². The third kappa shape index (κ3) is 4.12. The van der Waals surface area contributed by atoms with Gasteiger partial charge in [0.2, 0.25) is 0 Å². The first-order chi connectivity index (χ1) is 11.3. The Kier molecular flexibility index (Phi) is 5.31. The molecule has 0 radical (unpaired) electrons. The van der Waals surface area contributed by atoms with Crippen LogP contribution in [0.4, 0.5) is 4.39 Å². The third-order valence-electron chi connectivity index (χ3n) is 4.02. The highest BCUT2D eigenvalue weighted by Crippen LogP contribution is 2.22. The van der Waals surface area contributed by atoms with Gasteiger partial charge in [-0.2, -0.15) is 0 Å². The fourth-order valence-electron chi connectivity index (χ4n) is 2.75. The van der Waals surface area contributed by atoms with E-state index >= 15 is 0 Å². The predicted octanol–water partition coefficient (Wildman–Crippen LogP) is 2.82. The number of benzene rings is 1.